The Balaban J connectivity index is 3.11. The standard InChI is InChI=1S/C15H20Br2N2OS/c1-3-7-15(8-4-2,13(18)21)14(20)19-12-9-10(16)5-6-11(12)17/h5-6,9H,3-4,7-8H2,1-2H3,(H2,18,21)(H,19,20). The van der Waals surface area contributed by atoms with E-state index in [1.807, 2.05) is 32.0 Å². The van der Waals surface area contributed by atoms with Crippen LogP contribution >= 0.6 is 44.1 Å². The van der Waals surface area contributed by atoms with Crippen LogP contribution in [0.4, 0.5) is 5.69 Å². The van der Waals surface area contributed by atoms with Gasteiger partial charge in [0.1, 0.15) is 0 Å². The van der Waals surface area contributed by atoms with Crippen molar-refractivity contribution in [2.24, 2.45) is 11.1 Å². The Morgan fingerprint density at radius 2 is 1.86 bits per heavy atom. The van der Waals surface area contributed by atoms with Gasteiger partial charge in [-0.05, 0) is 47.0 Å². The van der Waals surface area contributed by atoms with E-state index in [9.17, 15) is 4.79 Å². The van der Waals surface area contributed by atoms with E-state index in [4.69, 9.17) is 18.0 Å². The highest BCUT2D eigenvalue weighted by atomic mass is 79.9. The summed E-state index contributed by atoms with van der Waals surface area (Å²) in [4.78, 5) is 13.1. The fraction of sp³-hybridized carbons (Fsp3) is 0.467. The van der Waals surface area contributed by atoms with E-state index in [2.05, 4.69) is 37.2 Å². The van der Waals surface area contributed by atoms with Gasteiger partial charge in [0.25, 0.3) is 0 Å². The molecule has 3 nitrogen and oxygen atoms in total. The first-order chi connectivity index (χ1) is 9.87. The molecular weight excluding hydrogens is 416 g/mol. The van der Waals surface area contributed by atoms with Gasteiger partial charge in [0.2, 0.25) is 5.91 Å². The number of thiocarbonyl (C=S) groups is 1. The second-order valence-electron chi connectivity index (χ2n) is 5.02. The Bertz CT molecular complexity index is 528. The maximum atomic E-state index is 12.8. The third-order valence-electron chi connectivity index (χ3n) is 3.44. The molecule has 1 aromatic rings. The summed E-state index contributed by atoms with van der Waals surface area (Å²) in [5.74, 6) is -0.127. The zero-order valence-corrected chi connectivity index (χ0v) is 16.2. The van der Waals surface area contributed by atoms with Crippen molar-refractivity contribution in [2.45, 2.75) is 39.5 Å². The predicted octanol–water partition coefficient (Wildman–Crippen LogP) is 5.02. The number of nitrogens with two attached hydrogens (primary N) is 1. The molecule has 0 saturated carbocycles. The Morgan fingerprint density at radius 3 is 2.33 bits per heavy atom. The number of rotatable bonds is 7. The van der Waals surface area contributed by atoms with Crippen molar-refractivity contribution in [3.05, 3.63) is 27.1 Å². The lowest BCUT2D eigenvalue weighted by molar-refractivity contribution is -0.122. The second kappa shape index (κ2) is 8.25. The fourth-order valence-corrected chi connectivity index (χ4v) is 3.40. The number of amides is 1. The van der Waals surface area contributed by atoms with E-state index in [-0.39, 0.29) is 10.9 Å². The minimum atomic E-state index is -0.777. The number of hydrogen-bond acceptors (Lipinski definition) is 2. The van der Waals surface area contributed by atoms with Gasteiger partial charge in [-0.3, -0.25) is 4.79 Å². The maximum absolute atomic E-state index is 12.8. The van der Waals surface area contributed by atoms with Crippen molar-refractivity contribution >= 4 is 60.7 Å². The minimum absolute atomic E-state index is 0.127. The second-order valence-corrected chi connectivity index (χ2v) is 7.23. The highest BCUT2D eigenvalue weighted by Crippen LogP contribution is 2.34. The summed E-state index contributed by atoms with van der Waals surface area (Å²) in [7, 11) is 0. The molecule has 1 amide bonds. The zero-order valence-electron chi connectivity index (χ0n) is 12.2. The Hall–Kier alpha value is -0.460. The largest absolute Gasteiger partial charge is 0.392 e. The van der Waals surface area contributed by atoms with Crippen LogP contribution in [0.5, 0.6) is 0 Å². The summed E-state index contributed by atoms with van der Waals surface area (Å²) >= 11 is 12.1. The number of nitrogens with one attached hydrogen (secondary N) is 1. The number of carbonyl (C=O) groups excluding carboxylic acids is 1. The summed E-state index contributed by atoms with van der Waals surface area (Å²) in [6.07, 6.45) is 3.02. The van der Waals surface area contributed by atoms with Crippen LogP contribution in [0.15, 0.2) is 27.1 Å². The molecule has 0 aliphatic rings. The number of anilines is 1. The van der Waals surface area contributed by atoms with Crippen molar-refractivity contribution in [1.29, 1.82) is 0 Å². The van der Waals surface area contributed by atoms with Gasteiger partial charge >= 0.3 is 0 Å². The summed E-state index contributed by atoms with van der Waals surface area (Å²) in [5.41, 5.74) is 5.85. The number of halogens is 2. The lowest BCUT2D eigenvalue weighted by atomic mass is 9.78. The Morgan fingerprint density at radius 1 is 1.29 bits per heavy atom. The highest BCUT2D eigenvalue weighted by molar-refractivity contribution is 9.11. The van der Waals surface area contributed by atoms with E-state index in [0.717, 1.165) is 21.8 Å². The van der Waals surface area contributed by atoms with Crippen molar-refractivity contribution in [1.82, 2.24) is 0 Å². The molecule has 1 rings (SSSR count). The molecule has 0 bridgehead atoms. The van der Waals surface area contributed by atoms with Crippen LogP contribution in [0.1, 0.15) is 39.5 Å². The van der Waals surface area contributed by atoms with Crippen LogP contribution in [0.3, 0.4) is 0 Å². The minimum Gasteiger partial charge on any atom is -0.392 e. The van der Waals surface area contributed by atoms with Gasteiger partial charge in [-0.15, -0.1) is 0 Å². The first-order valence-corrected chi connectivity index (χ1v) is 8.93. The van der Waals surface area contributed by atoms with Gasteiger partial charge in [-0.1, -0.05) is 54.8 Å². The van der Waals surface area contributed by atoms with Gasteiger partial charge in [-0.2, -0.15) is 0 Å². The molecule has 1 aromatic carbocycles. The van der Waals surface area contributed by atoms with Gasteiger partial charge in [0.15, 0.2) is 0 Å². The smallest absolute Gasteiger partial charge is 0.237 e. The van der Waals surface area contributed by atoms with Crippen LogP contribution in [0, 0.1) is 5.41 Å². The highest BCUT2D eigenvalue weighted by Gasteiger charge is 2.40. The average Bonchev–Trinajstić information content (AvgIpc) is 2.42. The van der Waals surface area contributed by atoms with Gasteiger partial charge < -0.3 is 11.1 Å². The van der Waals surface area contributed by atoms with Crippen LogP contribution < -0.4 is 11.1 Å². The number of benzene rings is 1. The lowest BCUT2D eigenvalue weighted by Gasteiger charge is -2.31. The third-order valence-corrected chi connectivity index (χ3v) is 5.01. The molecule has 0 atom stereocenters. The molecule has 3 N–H and O–H groups in total. The third kappa shape index (κ3) is 4.50. The Kier molecular flexibility index (Phi) is 7.30. The van der Waals surface area contributed by atoms with Crippen LogP contribution in [-0.2, 0) is 4.79 Å². The quantitative estimate of drug-likeness (QED) is 0.591. The van der Waals surface area contributed by atoms with Crippen molar-refractivity contribution in [2.75, 3.05) is 5.32 Å². The predicted molar refractivity (Wildman–Crippen MR) is 99.5 cm³/mol. The molecule has 0 aliphatic carbocycles. The summed E-state index contributed by atoms with van der Waals surface area (Å²) in [6.45, 7) is 4.07. The zero-order chi connectivity index (χ0) is 16.0. The van der Waals surface area contributed by atoms with Crippen molar-refractivity contribution in [3.63, 3.8) is 0 Å². The monoisotopic (exact) mass is 434 g/mol. The van der Waals surface area contributed by atoms with Crippen LogP contribution in [-0.4, -0.2) is 10.9 Å². The molecule has 21 heavy (non-hydrogen) atoms. The Labute approximate surface area is 148 Å². The van der Waals surface area contributed by atoms with E-state index in [1.165, 1.54) is 0 Å². The molecule has 0 spiro atoms. The average molecular weight is 436 g/mol. The van der Waals surface area contributed by atoms with Gasteiger partial charge in [0, 0.05) is 8.95 Å². The van der Waals surface area contributed by atoms with Crippen LogP contribution in [0.25, 0.3) is 0 Å². The fourth-order valence-electron chi connectivity index (χ4n) is 2.40. The molecular formula is C15H20Br2N2OS. The molecule has 0 saturated heterocycles. The van der Waals surface area contributed by atoms with E-state index < -0.39 is 5.41 Å². The van der Waals surface area contributed by atoms with Crippen LogP contribution in [0.2, 0.25) is 0 Å². The van der Waals surface area contributed by atoms with E-state index in [0.29, 0.717) is 18.5 Å². The molecule has 116 valence electrons. The SMILES string of the molecule is CCCC(CCC)(C(=O)Nc1cc(Br)ccc1Br)C(N)=S. The maximum Gasteiger partial charge on any atom is 0.237 e. The lowest BCUT2D eigenvalue weighted by Crippen LogP contribution is -2.46. The molecule has 0 unspecified atom stereocenters. The molecule has 0 aliphatic heterocycles. The molecule has 0 heterocycles. The topological polar surface area (TPSA) is 55.1 Å². The molecule has 0 radical (unpaired) electrons. The van der Waals surface area contributed by atoms with E-state index in [1.54, 1.807) is 0 Å². The van der Waals surface area contributed by atoms with E-state index >= 15 is 0 Å². The van der Waals surface area contributed by atoms with Crippen molar-refractivity contribution in [3.8, 4) is 0 Å². The summed E-state index contributed by atoms with van der Waals surface area (Å²) in [5, 5.41) is 2.96. The number of hydrogen-bond donors (Lipinski definition) is 2. The number of carbonyl (C=O) groups is 1. The van der Waals surface area contributed by atoms with Crippen molar-refractivity contribution < 1.29 is 4.79 Å². The summed E-state index contributed by atoms with van der Waals surface area (Å²) in [6, 6.07) is 5.63. The first-order valence-electron chi connectivity index (χ1n) is 6.93. The normalized spacial score (nSPS) is 11.2. The van der Waals surface area contributed by atoms with Gasteiger partial charge in [-0.25, -0.2) is 0 Å². The molecule has 6 heteroatoms. The molecule has 0 fully saturated rings. The van der Waals surface area contributed by atoms with Gasteiger partial charge in [0.05, 0.1) is 16.1 Å². The molecule has 0 aromatic heterocycles. The first kappa shape index (κ1) is 18.6. The summed E-state index contributed by atoms with van der Waals surface area (Å²) < 4.78 is 1.72.